The molecule has 5 nitrogen and oxygen atoms in total. The fourth-order valence-electron chi connectivity index (χ4n) is 1.71. The number of hydrogen-bond donors (Lipinski definition) is 2. The minimum Gasteiger partial charge on any atom is -0.504 e. The van der Waals surface area contributed by atoms with Crippen molar-refractivity contribution in [3.63, 3.8) is 0 Å². The highest BCUT2D eigenvalue weighted by atomic mass is 35.5. The second-order valence-electron chi connectivity index (χ2n) is 4.08. The van der Waals surface area contributed by atoms with Gasteiger partial charge in [-0.3, -0.25) is 0 Å². The van der Waals surface area contributed by atoms with E-state index >= 15 is 0 Å². The summed E-state index contributed by atoms with van der Waals surface area (Å²) in [7, 11) is 1.48. The second-order valence-corrected chi connectivity index (χ2v) is 4.52. The summed E-state index contributed by atoms with van der Waals surface area (Å²) in [5.41, 5.74) is 0.660. The third-order valence-electron chi connectivity index (χ3n) is 2.60. The molecule has 0 saturated carbocycles. The summed E-state index contributed by atoms with van der Waals surface area (Å²) in [6.07, 6.45) is 1.66. The summed E-state index contributed by atoms with van der Waals surface area (Å²) >= 11 is 5.95. The van der Waals surface area contributed by atoms with Crippen LogP contribution < -0.4 is 10.1 Å². The van der Waals surface area contributed by atoms with Crippen molar-refractivity contribution < 1.29 is 14.3 Å². The van der Waals surface area contributed by atoms with Crippen LogP contribution in [0.25, 0.3) is 0 Å². The molecule has 0 aliphatic heterocycles. The number of phenolic OH excluding ortho intramolecular Hbond substituents is 1. The van der Waals surface area contributed by atoms with Crippen LogP contribution in [-0.4, -0.2) is 17.2 Å². The predicted molar refractivity (Wildman–Crippen MR) is 71.5 cm³/mol. The van der Waals surface area contributed by atoms with Gasteiger partial charge in [0, 0.05) is 23.2 Å². The lowest BCUT2D eigenvalue weighted by molar-refractivity contribution is 0.369. The predicted octanol–water partition coefficient (Wildman–Crippen LogP) is 2.64. The fourth-order valence-corrected chi connectivity index (χ4v) is 1.94. The summed E-state index contributed by atoms with van der Waals surface area (Å²) in [4.78, 5) is 4.08. The maximum absolute atomic E-state index is 9.95. The van der Waals surface area contributed by atoms with Crippen LogP contribution in [0.5, 0.6) is 11.5 Å². The van der Waals surface area contributed by atoms with Crippen LogP contribution in [0.4, 0.5) is 0 Å². The molecule has 2 aromatic rings. The average Bonchev–Trinajstić information content (AvgIpc) is 2.79. The normalized spacial score (nSPS) is 10.7. The maximum Gasteiger partial charge on any atom is 0.208 e. The minimum atomic E-state index is 0.0861. The Morgan fingerprint density at radius 2 is 2.21 bits per heavy atom. The third-order valence-corrected chi connectivity index (χ3v) is 2.82. The topological polar surface area (TPSA) is 67.5 Å². The van der Waals surface area contributed by atoms with Gasteiger partial charge in [-0.2, -0.15) is 0 Å². The summed E-state index contributed by atoms with van der Waals surface area (Å²) in [5.74, 6) is 1.81. The molecule has 0 bridgehead atoms. The molecule has 2 N–H and O–H groups in total. The van der Waals surface area contributed by atoms with E-state index in [9.17, 15) is 5.11 Å². The van der Waals surface area contributed by atoms with Gasteiger partial charge >= 0.3 is 0 Å². The number of nitrogens with one attached hydrogen (secondary N) is 1. The molecule has 1 aromatic carbocycles. The van der Waals surface area contributed by atoms with Crippen molar-refractivity contribution in [1.29, 1.82) is 0 Å². The fraction of sp³-hybridized carbons (Fsp3) is 0.308. The number of ether oxygens (including phenoxy) is 1. The van der Waals surface area contributed by atoms with Gasteiger partial charge in [0.05, 0.1) is 19.9 Å². The Hall–Kier alpha value is -1.72. The van der Waals surface area contributed by atoms with Crippen LogP contribution in [-0.2, 0) is 13.1 Å². The number of aryl methyl sites for hydroxylation is 1. The lowest BCUT2D eigenvalue weighted by atomic mass is 10.2. The molecule has 2 rings (SSSR count). The summed E-state index contributed by atoms with van der Waals surface area (Å²) < 4.78 is 10.4. The number of nitrogens with zero attached hydrogens (tertiary/aromatic N) is 1. The van der Waals surface area contributed by atoms with E-state index in [1.54, 1.807) is 18.3 Å². The molecule has 6 heteroatoms. The Morgan fingerprint density at radius 3 is 2.84 bits per heavy atom. The molecule has 0 fully saturated rings. The number of oxazole rings is 1. The molecule has 0 aliphatic rings. The van der Waals surface area contributed by atoms with Crippen molar-refractivity contribution >= 4 is 11.6 Å². The number of rotatable bonds is 5. The van der Waals surface area contributed by atoms with E-state index in [1.807, 2.05) is 6.92 Å². The first-order valence-corrected chi connectivity index (χ1v) is 6.15. The van der Waals surface area contributed by atoms with E-state index in [-0.39, 0.29) is 5.75 Å². The van der Waals surface area contributed by atoms with Gasteiger partial charge in [-0.05, 0) is 13.0 Å². The van der Waals surface area contributed by atoms with Gasteiger partial charge in [-0.25, -0.2) is 4.98 Å². The Bertz CT molecular complexity index is 569. The van der Waals surface area contributed by atoms with Gasteiger partial charge in [-0.15, -0.1) is 0 Å². The number of hydrogen-bond acceptors (Lipinski definition) is 5. The van der Waals surface area contributed by atoms with Gasteiger partial charge < -0.3 is 19.6 Å². The van der Waals surface area contributed by atoms with E-state index in [0.717, 1.165) is 5.76 Å². The van der Waals surface area contributed by atoms with Crippen LogP contribution in [0.1, 0.15) is 17.2 Å². The highest BCUT2D eigenvalue weighted by molar-refractivity contribution is 6.30. The SMILES string of the molecule is COc1cc(Cl)cc(CNCc2ncc(C)o2)c1O. The van der Waals surface area contributed by atoms with Crippen molar-refractivity contribution in [3.8, 4) is 11.5 Å². The molecule has 102 valence electrons. The van der Waals surface area contributed by atoms with Crippen molar-refractivity contribution in [2.24, 2.45) is 0 Å². The molecule has 19 heavy (non-hydrogen) atoms. The Morgan fingerprint density at radius 1 is 1.42 bits per heavy atom. The molecule has 0 aliphatic carbocycles. The number of methoxy groups -OCH3 is 1. The molecule has 0 radical (unpaired) electrons. The van der Waals surface area contributed by atoms with Crippen LogP contribution in [0, 0.1) is 6.92 Å². The van der Waals surface area contributed by atoms with Crippen molar-refractivity contribution in [3.05, 3.63) is 40.6 Å². The zero-order valence-corrected chi connectivity index (χ0v) is 11.5. The van der Waals surface area contributed by atoms with E-state index in [2.05, 4.69) is 10.3 Å². The number of halogens is 1. The van der Waals surface area contributed by atoms with Crippen molar-refractivity contribution in [2.75, 3.05) is 7.11 Å². The Kier molecular flexibility index (Phi) is 4.29. The van der Waals surface area contributed by atoms with Gasteiger partial charge in [-0.1, -0.05) is 11.6 Å². The standard InChI is InChI=1S/C13H15ClN2O3/c1-8-5-16-12(19-8)7-15-6-9-3-10(14)4-11(18-2)13(9)17/h3-5,15,17H,6-7H2,1-2H3. The molecule has 0 spiro atoms. The Balaban J connectivity index is 2.01. The zero-order chi connectivity index (χ0) is 13.8. The van der Waals surface area contributed by atoms with E-state index in [4.69, 9.17) is 20.8 Å². The van der Waals surface area contributed by atoms with Gasteiger partial charge in [0.2, 0.25) is 5.89 Å². The number of benzene rings is 1. The first-order valence-electron chi connectivity index (χ1n) is 5.77. The second kappa shape index (κ2) is 5.95. The van der Waals surface area contributed by atoms with Gasteiger partial charge in [0.15, 0.2) is 11.5 Å². The molecule has 0 saturated heterocycles. The van der Waals surface area contributed by atoms with Gasteiger partial charge in [0.25, 0.3) is 0 Å². The first-order chi connectivity index (χ1) is 9.10. The van der Waals surface area contributed by atoms with Crippen LogP contribution >= 0.6 is 11.6 Å². The highest BCUT2D eigenvalue weighted by Crippen LogP contribution is 2.33. The lowest BCUT2D eigenvalue weighted by Crippen LogP contribution is -2.13. The first kappa shape index (κ1) is 13.7. The number of aromatic hydroxyl groups is 1. The Labute approximate surface area is 116 Å². The average molecular weight is 283 g/mol. The van der Waals surface area contributed by atoms with Crippen LogP contribution in [0.3, 0.4) is 0 Å². The van der Waals surface area contributed by atoms with Crippen LogP contribution in [0.2, 0.25) is 5.02 Å². The monoisotopic (exact) mass is 282 g/mol. The van der Waals surface area contributed by atoms with Crippen LogP contribution in [0.15, 0.2) is 22.7 Å². The van der Waals surface area contributed by atoms with E-state index in [0.29, 0.717) is 35.3 Å². The summed E-state index contributed by atoms with van der Waals surface area (Å²) in [5, 5.41) is 13.6. The van der Waals surface area contributed by atoms with Crippen molar-refractivity contribution in [2.45, 2.75) is 20.0 Å². The smallest absolute Gasteiger partial charge is 0.208 e. The van der Waals surface area contributed by atoms with Crippen molar-refractivity contribution in [1.82, 2.24) is 10.3 Å². The number of phenols is 1. The third kappa shape index (κ3) is 3.39. The van der Waals surface area contributed by atoms with E-state index < -0.39 is 0 Å². The number of aromatic nitrogens is 1. The largest absolute Gasteiger partial charge is 0.504 e. The quantitative estimate of drug-likeness (QED) is 0.882. The summed E-state index contributed by atoms with van der Waals surface area (Å²) in [6, 6.07) is 3.26. The lowest BCUT2D eigenvalue weighted by Gasteiger charge is -2.10. The maximum atomic E-state index is 9.95. The van der Waals surface area contributed by atoms with Gasteiger partial charge in [0.1, 0.15) is 5.76 Å². The summed E-state index contributed by atoms with van der Waals surface area (Å²) in [6.45, 7) is 2.75. The molecular weight excluding hydrogens is 268 g/mol. The molecule has 0 amide bonds. The minimum absolute atomic E-state index is 0.0861. The highest BCUT2D eigenvalue weighted by Gasteiger charge is 2.10. The molecule has 0 unspecified atom stereocenters. The molecular formula is C13H15ClN2O3. The molecule has 0 atom stereocenters. The zero-order valence-electron chi connectivity index (χ0n) is 10.7. The van der Waals surface area contributed by atoms with E-state index in [1.165, 1.54) is 7.11 Å². The molecule has 1 aromatic heterocycles. The molecule has 1 heterocycles.